The molecule has 1 aliphatic rings. The average molecular weight is 298 g/mol. The number of hydrogen-bond donors (Lipinski definition) is 1. The zero-order chi connectivity index (χ0) is 12.4. The topological polar surface area (TPSA) is 21.3 Å². The van der Waals surface area contributed by atoms with E-state index in [2.05, 4.69) is 47.2 Å². The Hall–Kier alpha value is -0.540. The first-order valence-electron chi connectivity index (χ1n) is 6.24. The van der Waals surface area contributed by atoms with Gasteiger partial charge in [-0.1, -0.05) is 29.8 Å². The Morgan fingerprint density at radius 1 is 1.41 bits per heavy atom. The Balaban J connectivity index is 2.40. The van der Waals surface area contributed by atoms with Crippen molar-refractivity contribution < 1.29 is 4.74 Å². The predicted molar refractivity (Wildman–Crippen MR) is 74.8 cm³/mol. The van der Waals surface area contributed by atoms with E-state index in [-0.39, 0.29) is 0 Å². The molecule has 0 aliphatic carbocycles. The van der Waals surface area contributed by atoms with Crippen molar-refractivity contribution in [2.24, 2.45) is 0 Å². The lowest BCUT2D eigenvalue weighted by Crippen LogP contribution is -2.13. The van der Waals surface area contributed by atoms with Crippen LogP contribution in [0.5, 0.6) is 5.75 Å². The van der Waals surface area contributed by atoms with Gasteiger partial charge < -0.3 is 10.1 Å². The molecule has 1 aliphatic heterocycles. The molecule has 2 rings (SSSR count). The molecule has 94 valence electrons. The third-order valence-electron chi connectivity index (χ3n) is 3.37. The van der Waals surface area contributed by atoms with Gasteiger partial charge >= 0.3 is 0 Å². The molecule has 1 heterocycles. The SMILES string of the molecule is COc1cc(C2CCCN2)cc(Br)c1C(C)C. The summed E-state index contributed by atoms with van der Waals surface area (Å²) < 4.78 is 6.69. The molecule has 0 radical (unpaired) electrons. The Bertz CT molecular complexity index is 397. The zero-order valence-corrected chi connectivity index (χ0v) is 12.3. The van der Waals surface area contributed by atoms with E-state index in [1.807, 2.05) is 0 Å². The van der Waals surface area contributed by atoms with Crippen LogP contribution < -0.4 is 10.1 Å². The summed E-state index contributed by atoms with van der Waals surface area (Å²) in [4.78, 5) is 0. The van der Waals surface area contributed by atoms with Crippen LogP contribution in [-0.2, 0) is 0 Å². The first kappa shape index (κ1) is 12.9. The summed E-state index contributed by atoms with van der Waals surface area (Å²) in [6, 6.07) is 4.91. The van der Waals surface area contributed by atoms with Crippen molar-refractivity contribution >= 4 is 15.9 Å². The van der Waals surface area contributed by atoms with Crippen LogP contribution in [0.2, 0.25) is 0 Å². The quantitative estimate of drug-likeness (QED) is 0.910. The minimum Gasteiger partial charge on any atom is -0.496 e. The predicted octanol–water partition coefficient (Wildman–Crippen LogP) is 4.01. The molecule has 0 bridgehead atoms. The van der Waals surface area contributed by atoms with Gasteiger partial charge in [0.15, 0.2) is 0 Å². The van der Waals surface area contributed by atoms with Crippen LogP contribution in [-0.4, -0.2) is 13.7 Å². The molecule has 0 saturated carbocycles. The van der Waals surface area contributed by atoms with Gasteiger partial charge in [0.2, 0.25) is 0 Å². The average Bonchev–Trinajstić information content (AvgIpc) is 2.80. The number of halogens is 1. The smallest absolute Gasteiger partial charge is 0.123 e. The highest BCUT2D eigenvalue weighted by Gasteiger charge is 2.20. The summed E-state index contributed by atoms with van der Waals surface area (Å²) in [7, 11) is 1.75. The van der Waals surface area contributed by atoms with Gasteiger partial charge in [-0.15, -0.1) is 0 Å². The highest BCUT2D eigenvalue weighted by Crippen LogP contribution is 2.37. The van der Waals surface area contributed by atoms with Gasteiger partial charge in [0.25, 0.3) is 0 Å². The van der Waals surface area contributed by atoms with Crippen LogP contribution >= 0.6 is 15.9 Å². The van der Waals surface area contributed by atoms with Gasteiger partial charge in [0, 0.05) is 16.1 Å². The summed E-state index contributed by atoms with van der Waals surface area (Å²) in [5.41, 5.74) is 2.59. The molecule has 1 N–H and O–H groups in total. The molecule has 1 saturated heterocycles. The summed E-state index contributed by atoms with van der Waals surface area (Å²) in [6.45, 7) is 5.50. The van der Waals surface area contributed by atoms with Crippen molar-refractivity contribution in [2.75, 3.05) is 13.7 Å². The molecule has 0 aromatic heterocycles. The first-order valence-corrected chi connectivity index (χ1v) is 7.03. The Morgan fingerprint density at radius 2 is 2.18 bits per heavy atom. The van der Waals surface area contributed by atoms with Gasteiger partial charge in [-0.25, -0.2) is 0 Å². The van der Waals surface area contributed by atoms with Gasteiger partial charge in [-0.3, -0.25) is 0 Å². The molecule has 1 aromatic carbocycles. The fraction of sp³-hybridized carbons (Fsp3) is 0.571. The van der Waals surface area contributed by atoms with Crippen LogP contribution in [0.1, 0.15) is 49.8 Å². The number of nitrogens with one attached hydrogen (secondary N) is 1. The Labute approximate surface area is 112 Å². The second-order valence-electron chi connectivity index (χ2n) is 4.92. The second-order valence-corrected chi connectivity index (χ2v) is 5.78. The minimum atomic E-state index is 0.463. The molecule has 1 aromatic rings. The number of rotatable bonds is 3. The molecule has 2 nitrogen and oxygen atoms in total. The maximum absolute atomic E-state index is 5.53. The molecule has 0 spiro atoms. The summed E-state index contributed by atoms with van der Waals surface area (Å²) >= 11 is 3.68. The van der Waals surface area contributed by atoms with Crippen molar-refractivity contribution in [1.29, 1.82) is 0 Å². The zero-order valence-electron chi connectivity index (χ0n) is 10.7. The van der Waals surface area contributed by atoms with Gasteiger partial charge in [-0.2, -0.15) is 0 Å². The summed E-state index contributed by atoms with van der Waals surface area (Å²) in [5.74, 6) is 1.46. The monoisotopic (exact) mass is 297 g/mol. The van der Waals surface area contributed by atoms with Crippen LogP contribution in [0, 0.1) is 0 Å². The van der Waals surface area contributed by atoms with E-state index >= 15 is 0 Å². The van der Waals surface area contributed by atoms with E-state index in [9.17, 15) is 0 Å². The molecule has 3 heteroatoms. The second kappa shape index (κ2) is 5.40. The molecular weight excluding hydrogens is 278 g/mol. The van der Waals surface area contributed by atoms with Crippen molar-refractivity contribution in [3.8, 4) is 5.75 Å². The normalized spacial score (nSPS) is 19.9. The largest absolute Gasteiger partial charge is 0.496 e. The molecule has 1 fully saturated rings. The summed E-state index contributed by atoms with van der Waals surface area (Å²) in [5, 5.41) is 3.52. The van der Waals surface area contributed by atoms with Crippen LogP contribution in [0.15, 0.2) is 16.6 Å². The highest BCUT2D eigenvalue weighted by molar-refractivity contribution is 9.10. The number of methoxy groups -OCH3 is 1. The fourth-order valence-corrected chi connectivity index (χ4v) is 3.43. The van der Waals surface area contributed by atoms with Crippen molar-refractivity contribution in [2.45, 2.75) is 38.6 Å². The third-order valence-corrected chi connectivity index (χ3v) is 4.03. The van der Waals surface area contributed by atoms with E-state index < -0.39 is 0 Å². The van der Waals surface area contributed by atoms with Crippen molar-refractivity contribution in [3.05, 3.63) is 27.7 Å². The third kappa shape index (κ3) is 2.66. The molecule has 0 amide bonds. The van der Waals surface area contributed by atoms with Gasteiger partial charge in [-0.05, 0) is 43.0 Å². The van der Waals surface area contributed by atoms with Crippen molar-refractivity contribution in [3.63, 3.8) is 0 Å². The van der Waals surface area contributed by atoms with Crippen LogP contribution in [0.3, 0.4) is 0 Å². The maximum Gasteiger partial charge on any atom is 0.123 e. The van der Waals surface area contributed by atoms with E-state index in [0.717, 1.165) is 16.8 Å². The van der Waals surface area contributed by atoms with Crippen molar-refractivity contribution in [1.82, 2.24) is 5.32 Å². The first-order chi connectivity index (χ1) is 8.13. The Morgan fingerprint density at radius 3 is 2.71 bits per heavy atom. The van der Waals surface area contributed by atoms with E-state index in [0.29, 0.717) is 12.0 Å². The number of hydrogen-bond acceptors (Lipinski definition) is 2. The molecule has 1 unspecified atom stereocenters. The van der Waals surface area contributed by atoms with Crippen LogP contribution in [0.25, 0.3) is 0 Å². The Kier molecular flexibility index (Phi) is 4.10. The standard InChI is InChI=1S/C14H20BrNO/c1-9(2)14-11(15)7-10(8-13(14)17-3)12-5-4-6-16-12/h7-9,12,16H,4-6H2,1-3H3. The van der Waals surface area contributed by atoms with E-state index in [1.54, 1.807) is 7.11 Å². The fourth-order valence-electron chi connectivity index (χ4n) is 2.51. The highest BCUT2D eigenvalue weighted by atomic mass is 79.9. The van der Waals surface area contributed by atoms with E-state index in [1.165, 1.54) is 24.0 Å². The lowest BCUT2D eigenvalue weighted by Gasteiger charge is -2.18. The van der Waals surface area contributed by atoms with Gasteiger partial charge in [0.1, 0.15) is 5.75 Å². The van der Waals surface area contributed by atoms with E-state index in [4.69, 9.17) is 4.74 Å². The molecular formula is C14H20BrNO. The maximum atomic E-state index is 5.53. The molecule has 17 heavy (non-hydrogen) atoms. The minimum absolute atomic E-state index is 0.463. The number of ether oxygens (including phenoxy) is 1. The molecule has 1 atom stereocenters. The lowest BCUT2D eigenvalue weighted by molar-refractivity contribution is 0.405. The summed E-state index contributed by atoms with van der Waals surface area (Å²) in [6.07, 6.45) is 2.48. The van der Waals surface area contributed by atoms with Crippen LogP contribution in [0.4, 0.5) is 0 Å². The lowest BCUT2D eigenvalue weighted by atomic mass is 9.97. The van der Waals surface area contributed by atoms with Gasteiger partial charge in [0.05, 0.1) is 7.11 Å². The number of benzene rings is 1.